The molecule has 0 atom stereocenters. The van der Waals surface area contributed by atoms with Crippen LogP contribution in [0.2, 0.25) is 5.02 Å². The van der Waals surface area contributed by atoms with Crippen molar-refractivity contribution in [2.24, 2.45) is 11.1 Å². The van der Waals surface area contributed by atoms with Gasteiger partial charge in [0.1, 0.15) is 5.82 Å². The van der Waals surface area contributed by atoms with E-state index < -0.39 is 5.54 Å². The monoisotopic (exact) mass is 283 g/mol. The Balaban J connectivity index is 2.24. The number of halogens is 2. The van der Waals surface area contributed by atoms with Gasteiger partial charge in [0.2, 0.25) is 0 Å². The van der Waals surface area contributed by atoms with Gasteiger partial charge >= 0.3 is 0 Å². The van der Waals surface area contributed by atoms with Crippen molar-refractivity contribution in [3.8, 4) is 0 Å². The number of rotatable bonds is 5. The minimum Gasteiger partial charge on any atom is -0.321 e. The predicted octanol–water partition coefficient (Wildman–Crippen LogP) is 5.01. The minimum absolute atomic E-state index is 0.267. The molecule has 1 saturated carbocycles. The van der Waals surface area contributed by atoms with E-state index >= 15 is 0 Å². The molecule has 0 saturated heterocycles. The quantitative estimate of drug-likeness (QED) is 0.807. The summed E-state index contributed by atoms with van der Waals surface area (Å²) in [7, 11) is 0. The van der Waals surface area contributed by atoms with Gasteiger partial charge in [0.25, 0.3) is 0 Å². The van der Waals surface area contributed by atoms with Crippen LogP contribution in [0.4, 0.5) is 4.39 Å². The zero-order valence-electron chi connectivity index (χ0n) is 11.8. The van der Waals surface area contributed by atoms with Gasteiger partial charge in [-0.05, 0) is 43.2 Å². The SMILES string of the molecule is CCCC1(CCC)CC(N)(c2c(F)cccc2Cl)C1. The summed E-state index contributed by atoms with van der Waals surface area (Å²) >= 11 is 6.15. The van der Waals surface area contributed by atoms with E-state index in [-0.39, 0.29) is 5.82 Å². The van der Waals surface area contributed by atoms with Crippen molar-refractivity contribution in [1.29, 1.82) is 0 Å². The number of hydrogen-bond donors (Lipinski definition) is 1. The van der Waals surface area contributed by atoms with Crippen LogP contribution in [0.15, 0.2) is 18.2 Å². The molecule has 1 fully saturated rings. The van der Waals surface area contributed by atoms with Crippen molar-refractivity contribution in [2.45, 2.75) is 57.9 Å². The van der Waals surface area contributed by atoms with Crippen molar-refractivity contribution in [3.63, 3.8) is 0 Å². The average molecular weight is 284 g/mol. The maximum atomic E-state index is 14.0. The second-order valence-corrected chi connectivity index (χ2v) is 6.51. The van der Waals surface area contributed by atoms with E-state index in [1.165, 1.54) is 18.9 Å². The van der Waals surface area contributed by atoms with E-state index in [9.17, 15) is 4.39 Å². The molecule has 19 heavy (non-hydrogen) atoms. The molecule has 1 aliphatic rings. The topological polar surface area (TPSA) is 26.0 Å². The van der Waals surface area contributed by atoms with Crippen molar-refractivity contribution in [1.82, 2.24) is 0 Å². The first-order valence-corrected chi connectivity index (χ1v) is 7.57. The molecule has 3 heteroatoms. The zero-order valence-corrected chi connectivity index (χ0v) is 12.6. The fourth-order valence-corrected chi connectivity index (χ4v) is 4.33. The Hall–Kier alpha value is -0.600. The molecule has 0 amide bonds. The van der Waals surface area contributed by atoms with E-state index in [4.69, 9.17) is 17.3 Å². The molecular formula is C16H23ClFN. The maximum absolute atomic E-state index is 14.0. The summed E-state index contributed by atoms with van der Waals surface area (Å²) in [5.41, 5.74) is 6.67. The molecule has 0 spiro atoms. The Labute approximate surface area is 120 Å². The fourth-order valence-electron chi connectivity index (χ4n) is 3.98. The van der Waals surface area contributed by atoms with E-state index in [0.717, 1.165) is 25.7 Å². The summed E-state index contributed by atoms with van der Waals surface area (Å²) in [6, 6.07) is 4.82. The molecule has 1 nitrogen and oxygen atoms in total. The van der Waals surface area contributed by atoms with Gasteiger partial charge in [-0.1, -0.05) is 44.4 Å². The van der Waals surface area contributed by atoms with Gasteiger partial charge in [-0.3, -0.25) is 0 Å². The van der Waals surface area contributed by atoms with Crippen LogP contribution in [0.1, 0.15) is 57.9 Å². The summed E-state index contributed by atoms with van der Waals surface area (Å²) in [4.78, 5) is 0. The Morgan fingerprint density at radius 1 is 1.21 bits per heavy atom. The lowest BCUT2D eigenvalue weighted by molar-refractivity contribution is 0.00434. The van der Waals surface area contributed by atoms with E-state index in [2.05, 4.69) is 13.8 Å². The molecule has 1 aromatic carbocycles. The molecule has 1 aliphatic carbocycles. The molecule has 0 unspecified atom stereocenters. The summed E-state index contributed by atoms with van der Waals surface area (Å²) in [5.74, 6) is -0.267. The van der Waals surface area contributed by atoms with Crippen molar-refractivity contribution in [3.05, 3.63) is 34.6 Å². The van der Waals surface area contributed by atoms with Crippen LogP contribution in [-0.4, -0.2) is 0 Å². The van der Waals surface area contributed by atoms with Crippen LogP contribution in [0.5, 0.6) is 0 Å². The van der Waals surface area contributed by atoms with E-state index in [1.807, 2.05) is 0 Å². The van der Waals surface area contributed by atoms with Crippen LogP contribution in [0.25, 0.3) is 0 Å². The van der Waals surface area contributed by atoms with Gasteiger partial charge in [-0.15, -0.1) is 0 Å². The lowest BCUT2D eigenvalue weighted by Crippen LogP contribution is -2.56. The standard InChI is InChI=1S/C16H23ClFN/c1-3-8-15(9-4-2)10-16(19,11-15)14-12(17)6-5-7-13(14)18/h5-7H,3-4,8-11,19H2,1-2H3. The number of hydrogen-bond acceptors (Lipinski definition) is 1. The van der Waals surface area contributed by atoms with Crippen molar-refractivity contribution >= 4 is 11.6 Å². The molecule has 0 aliphatic heterocycles. The molecule has 0 heterocycles. The summed E-state index contributed by atoms with van der Waals surface area (Å²) in [6.45, 7) is 4.40. The summed E-state index contributed by atoms with van der Waals surface area (Å²) in [5, 5.41) is 0.462. The Morgan fingerprint density at radius 3 is 2.26 bits per heavy atom. The van der Waals surface area contributed by atoms with Gasteiger partial charge in [0.05, 0.1) is 0 Å². The van der Waals surface area contributed by atoms with Crippen LogP contribution in [0.3, 0.4) is 0 Å². The minimum atomic E-state index is -0.577. The number of benzene rings is 1. The Kier molecular flexibility index (Phi) is 4.22. The van der Waals surface area contributed by atoms with Gasteiger partial charge in [-0.2, -0.15) is 0 Å². The molecular weight excluding hydrogens is 261 g/mol. The zero-order chi connectivity index (χ0) is 14.1. The second kappa shape index (κ2) is 5.41. The van der Waals surface area contributed by atoms with E-state index in [0.29, 0.717) is 16.0 Å². The highest BCUT2D eigenvalue weighted by Crippen LogP contribution is 2.58. The highest BCUT2D eigenvalue weighted by molar-refractivity contribution is 6.31. The smallest absolute Gasteiger partial charge is 0.129 e. The van der Waals surface area contributed by atoms with Gasteiger partial charge < -0.3 is 5.73 Å². The summed E-state index contributed by atoms with van der Waals surface area (Å²) in [6.07, 6.45) is 6.35. The molecule has 0 bridgehead atoms. The van der Waals surface area contributed by atoms with Crippen molar-refractivity contribution < 1.29 is 4.39 Å². The second-order valence-electron chi connectivity index (χ2n) is 6.11. The first kappa shape index (κ1) is 14.8. The summed E-state index contributed by atoms with van der Waals surface area (Å²) < 4.78 is 14.0. The van der Waals surface area contributed by atoms with Crippen molar-refractivity contribution in [2.75, 3.05) is 0 Å². The van der Waals surface area contributed by atoms with Crippen LogP contribution in [-0.2, 0) is 5.54 Å². The Morgan fingerprint density at radius 2 is 1.79 bits per heavy atom. The Bertz CT molecular complexity index is 424. The van der Waals surface area contributed by atoms with E-state index in [1.54, 1.807) is 12.1 Å². The van der Waals surface area contributed by atoms with Gasteiger partial charge in [-0.25, -0.2) is 4.39 Å². The maximum Gasteiger partial charge on any atom is 0.129 e. The average Bonchev–Trinajstić information content (AvgIpc) is 2.27. The molecule has 2 rings (SSSR count). The normalized spacial score (nSPS) is 20.1. The third-order valence-electron chi connectivity index (χ3n) is 4.40. The molecule has 0 radical (unpaired) electrons. The molecule has 2 N–H and O–H groups in total. The highest BCUT2D eigenvalue weighted by atomic mass is 35.5. The predicted molar refractivity (Wildman–Crippen MR) is 78.8 cm³/mol. The molecule has 106 valence electrons. The highest BCUT2D eigenvalue weighted by Gasteiger charge is 2.53. The molecule has 0 aromatic heterocycles. The lowest BCUT2D eigenvalue weighted by atomic mass is 9.52. The third-order valence-corrected chi connectivity index (χ3v) is 4.72. The molecule has 1 aromatic rings. The fraction of sp³-hybridized carbons (Fsp3) is 0.625. The van der Waals surface area contributed by atoms with Gasteiger partial charge in [0.15, 0.2) is 0 Å². The lowest BCUT2D eigenvalue weighted by Gasteiger charge is -2.55. The van der Waals surface area contributed by atoms with Crippen LogP contribution >= 0.6 is 11.6 Å². The van der Waals surface area contributed by atoms with Crippen LogP contribution < -0.4 is 5.73 Å². The largest absolute Gasteiger partial charge is 0.321 e. The first-order valence-electron chi connectivity index (χ1n) is 7.20. The van der Waals surface area contributed by atoms with Gasteiger partial charge in [0, 0.05) is 16.1 Å². The van der Waals surface area contributed by atoms with Crippen LogP contribution in [0, 0.1) is 11.2 Å². The number of nitrogens with two attached hydrogens (primary N) is 1. The first-order chi connectivity index (χ1) is 8.96. The third kappa shape index (κ3) is 2.66.